The van der Waals surface area contributed by atoms with Crippen LogP contribution in [0.15, 0.2) is 29.2 Å². The summed E-state index contributed by atoms with van der Waals surface area (Å²) >= 11 is 0. The molecule has 1 aromatic rings. The molecule has 7 heteroatoms. The summed E-state index contributed by atoms with van der Waals surface area (Å²) in [5.74, 6) is 0.247. The number of sulfonamides is 1. The Morgan fingerprint density at radius 2 is 1.79 bits per heavy atom. The Labute approximate surface area is 145 Å². The third kappa shape index (κ3) is 7.79. The fourth-order valence-electron chi connectivity index (χ4n) is 1.75. The van der Waals surface area contributed by atoms with Crippen LogP contribution in [0.2, 0.25) is 0 Å². The molecule has 0 aliphatic heterocycles. The van der Waals surface area contributed by atoms with Crippen molar-refractivity contribution in [3.63, 3.8) is 0 Å². The highest BCUT2D eigenvalue weighted by molar-refractivity contribution is 7.89. The average molecular weight is 356 g/mol. The Morgan fingerprint density at radius 3 is 2.33 bits per heavy atom. The normalized spacial score (nSPS) is 12.0. The van der Waals surface area contributed by atoms with Crippen LogP contribution in [-0.4, -0.2) is 34.0 Å². The molecule has 0 saturated carbocycles. The lowest BCUT2D eigenvalue weighted by Gasteiger charge is -2.18. The molecule has 0 heterocycles. The molecule has 2 N–H and O–H groups in total. The number of benzene rings is 1. The third-order valence-electron chi connectivity index (χ3n) is 3.14. The van der Waals surface area contributed by atoms with Crippen LogP contribution in [0.5, 0.6) is 5.75 Å². The van der Waals surface area contributed by atoms with Gasteiger partial charge in [0.1, 0.15) is 5.75 Å². The van der Waals surface area contributed by atoms with Gasteiger partial charge in [-0.1, -0.05) is 34.1 Å². The standard InChI is InChI=1S/C17H28N2O4S/c1-5-6-11-19-24(21,22)15-9-7-14(8-10-15)23-12-16(20)18-13-17(2,3)4/h7-10,19H,5-6,11-13H2,1-4H3,(H,18,20). The second-order valence-electron chi connectivity index (χ2n) is 6.85. The molecule has 24 heavy (non-hydrogen) atoms. The van der Waals surface area contributed by atoms with Gasteiger partial charge in [-0.05, 0) is 36.1 Å². The molecule has 0 aliphatic carbocycles. The molecule has 0 aromatic heterocycles. The van der Waals surface area contributed by atoms with E-state index >= 15 is 0 Å². The van der Waals surface area contributed by atoms with Crippen LogP contribution in [0.25, 0.3) is 0 Å². The zero-order chi connectivity index (χ0) is 18.2. The first-order valence-electron chi connectivity index (χ1n) is 8.13. The van der Waals surface area contributed by atoms with Gasteiger partial charge in [-0.15, -0.1) is 0 Å². The molecule has 0 saturated heterocycles. The van der Waals surface area contributed by atoms with E-state index in [2.05, 4.69) is 10.0 Å². The molecule has 0 spiro atoms. The van der Waals surface area contributed by atoms with Gasteiger partial charge in [0.25, 0.3) is 5.91 Å². The SMILES string of the molecule is CCCCNS(=O)(=O)c1ccc(OCC(=O)NCC(C)(C)C)cc1. The van der Waals surface area contributed by atoms with Crippen molar-refractivity contribution >= 4 is 15.9 Å². The van der Waals surface area contributed by atoms with Crippen molar-refractivity contribution in [2.24, 2.45) is 5.41 Å². The molecule has 0 aliphatic rings. The molecule has 1 aromatic carbocycles. The first-order chi connectivity index (χ1) is 11.1. The Hall–Kier alpha value is -1.60. The number of hydrogen-bond donors (Lipinski definition) is 2. The van der Waals surface area contributed by atoms with E-state index in [4.69, 9.17) is 4.74 Å². The first kappa shape index (κ1) is 20.4. The second-order valence-corrected chi connectivity index (χ2v) is 8.62. The monoisotopic (exact) mass is 356 g/mol. The van der Waals surface area contributed by atoms with Gasteiger partial charge in [0.2, 0.25) is 10.0 Å². The van der Waals surface area contributed by atoms with E-state index in [0.717, 1.165) is 12.8 Å². The molecule has 0 fully saturated rings. The highest BCUT2D eigenvalue weighted by Gasteiger charge is 2.14. The molecule has 6 nitrogen and oxygen atoms in total. The second kappa shape index (κ2) is 9.03. The zero-order valence-electron chi connectivity index (χ0n) is 14.9. The van der Waals surface area contributed by atoms with E-state index in [1.165, 1.54) is 12.1 Å². The molecule has 1 amide bonds. The van der Waals surface area contributed by atoms with Gasteiger partial charge >= 0.3 is 0 Å². The predicted octanol–water partition coefficient (Wildman–Crippen LogP) is 2.31. The van der Waals surface area contributed by atoms with Crippen LogP contribution in [0.3, 0.4) is 0 Å². The predicted molar refractivity (Wildman–Crippen MR) is 94.5 cm³/mol. The average Bonchev–Trinajstić information content (AvgIpc) is 2.51. The number of carbonyl (C=O) groups is 1. The summed E-state index contributed by atoms with van der Waals surface area (Å²) in [4.78, 5) is 11.9. The summed E-state index contributed by atoms with van der Waals surface area (Å²) in [5.41, 5.74) is 0.0104. The minimum atomic E-state index is -3.49. The Bertz CT molecular complexity index is 619. The van der Waals surface area contributed by atoms with Crippen LogP contribution in [0, 0.1) is 5.41 Å². The molecular formula is C17H28N2O4S. The maximum Gasteiger partial charge on any atom is 0.257 e. The summed E-state index contributed by atoms with van der Waals surface area (Å²) < 4.78 is 32.0. The maximum atomic E-state index is 12.0. The zero-order valence-corrected chi connectivity index (χ0v) is 15.7. The molecule has 0 atom stereocenters. The van der Waals surface area contributed by atoms with Crippen molar-refractivity contribution < 1.29 is 17.9 Å². The number of amides is 1. The lowest BCUT2D eigenvalue weighted by Crippen LogP contribution is -2.35. The van der Waals surface area contributed by atoms with E-state index in [-0.39, 0.29) is 22.8 Å². The van der Waals surface area contributed by atoms with Gasteiger partial charge in [0.05, 0.1) is 4.90 Å². The van der Waals surface area contributed by atoms with Crippen molar-refractivity contribution in [3.8, 4) is 5.75 Å². The number of hydrogen-bond acceptors (Lipinski definition) is 4. The smallest absolute Gasteiger partial charge is 0.257 e. The van der Waals surface area contributed by atoms with Gasteiger partial charge in [-0.3, -0.25) is 4.79 Å². The largest absolute Gasteiger partial charge is 0.484 e. The Morgan fingerprint density at radius 1 is 1.17 bits per heavy atom. The minimum absolute atomic E-state index is 0.0104. The fourth-order valence-corrected chi connectivity index (χ4v) is 2.82. The quantitative estimate of drug-likeness (QED) is 0.665. The van der Waals surface area contributed by atoms with E-state index in [1.54, 1.807) is 12.1 Å². The Kier molecular flexibility index (Phi) is 7.69. The number of nitrogens with one attached hydrogen (secondary N) is 2. The topological polar surface area (TPSA) is 84.5 Å². The number of rotatable bonds is 9. The van der Waals surface area contributed by atoms with Crippen molar-refractivity contribution in [1.82, 2.24) is 10.0 Å². The van der Waals surface area contributed by atoms with E-state index < -0.39 is 10.0 Å². The number of ether oxygens (including phenoxy) is 1. The summed E-state index contributed by atoms with van der Waals surface area (Å²) in [7, 11) is -3.49. The molecule has 0 radical (unpaired) electrons. The first-order valence-corrected chi connectivity index (χ1v) is 9.61. The van der Waals surface area contributed by atoms with Gasteiger partial charge in [0.15, 0.2) is 6.61 Å². The van der Waals surface area contributed by atoms with Crippen molar-refractivity contribution in [2.45, 2.75) is 45.4 Å². The van der Waals surface area contributed by atoms with Gasteiger partial charge < -0.3 is 10.1 Å². The summed E-state index contributed by atoms with van der Waals surface area (Å²) in [6.07, 6.45) is 1.72. The van der Waals surface area contributed by atoms with Gasteiger partial charge in [-0.25, -0.2) is 13.1 Å². The van der Waals surface area contributed by atoms with Crippen molar-refractivity contribution in [1.29, 1.82) is 0 Å². The number of carbonyl (C=O) groups excluding carboxylic acids is 1. The van der Waals surface area contributed by atoms with Crippen molar-refractivity contribution in [2.75, 3.05) is 19.7 Å². The molecule has 1 rings (SSSR count). The fraction of sp³-hybridized carbons (Fsp3) is 0.588. The summed E-state index contributed by atoms with van der Waals surface area (Å²) in [6.45, 7) is 8.97. The van der Waals surface area contributed by atoms with Gasteiger partial charge in [-0.2, -0.15) is 0 Å². The van der Waals surface area contributed by atoms with Crippen molar-refractivity contribution in [3.05, 3.63) is 24.3 Å². The van der Waals surface area contributed by atoms with E-state index in [1.807, 2.05) is 27.7 Å². The van der Waals surface area contributed by atoms with Crippen LogP contribution < -0.4 is 14.8 Å². The number of unbranched alkanes of at least 4 members (excludes halogenated alkanes) is 1. The summed E-state index contributed by atoms with van der Waals surface area (Å²) in [5, 5.41) is 2.79. The van der Waals surface area contributed by atoms with Crippen LogP contribution in [-0.2, 0) is 14.8 Å². The van der Waals surface area contributed by atoms with E-state index in [9.17, 15) is 13.2 Å². The third-order valence-corrected chi connectivity index (χ3v) is 4.62. The lowest BCUT2D eigenvalue weighted by atomic mass is 9.97. The lowest BCUT2D eigenvalue weighted by molar-refractivity contribution is -0.123. The molecular weight excluding hydrogens is 328 g/mol. The molecule has 136 valence electrons. The highest BCUT2D eigenvalue weighted by Crippen LogP contribution is 2.16. The van der Waals surface area contributed by atoms with Crippen LogP contribution >= 0.6 is 0 Å². The Balaban J connectivity index is 2.51. The minimum Gasteiger partial charge on any atom is -0.484 e. The molecule has 0 bridgehead atoms. The van der Waals surface area contributed by atoms with Gasteiger partial charge in [0, 0.05) is 13.1 Å². The van der Waals surface area contributed by atoms with Crippen LogP contribution in [0.4, 0.5) is 0 Å². The van der Waals surface area contributed by atoms with Crippen LogP contribution in [0.1, 0.15) is 40.5 Å². The highest BCUT2D eigenvalue weighted by atomic mass is 32.2. The van der Waals surface area contributed by atoms with E-state index in [0.29, 0.717) is 18.8 Å². The maximum absolute atomic E-state index is 12.0. The molecule has 0 unspecified atom stereocenters. The summed E-state index contributed by atoms with van der Waals surface area (Å²) in [6, 6.07) is 6.03.